The Bertz CT molecular complexity index is 287. The van der Waals surface area contributed by atoms with Crippen LogP contribution in [-0.2, 0) is 14.3 Å². The highest BCUT2D eigenvalue weighted by molar-refractivity contribution is 5.75. The molecule has 0 amide bonds. The van der Waals surface area contributed by atoms with E-state index >= 15 is 0 Å². The van der Waals surface area contributed by atoms with Crippen LogP contribution in [0.4, 0.5) is 0 Å². The fourth-order valence-corrected chi connectivity index (χ4v) is 2.69. The molecular weight excluding hydrogens is 256 g/mol. The minimum atomic E-state index is -0.219. The van der Waals surface area contributed by atoms with Gasteiger partial charge in [0, 0.05) is 25.7 Å². The molecule has 0 bridgehead atoms. The number of carbonyl (C=O) groups excluding carboxylic acids is 1. The van der Waals surface area contributed by atoms with Crippen LogP contribution in [0.15, 0.2) is 0 Å². The van der Waals surface area contributed by atoms with Crippen molar-refractivity contribution in [2.75, 3.05) is 26.2 Å². The fraction of sp³-hybridized carbons (Fsp3) is 0.933. The minimum absolute atomic E-state index is 0.143. The summed E-state index contributed by atoms with van der Waals surface area (Å²) < 4.78 is 10.9. The summed E-state index contributed by atoms with van der Waals surface area (Å²) in [5.41, 5.74) is 0. The molecule has 1 saturated heterocycles. The Balaban J connectivity index is 2.46. The van der Waals surface area contributed by atoms with Crippen LogP contribution in [0.2, 0.25) is 0 Å². The average molecular weight is 286 g/mol. The van der Waals surface area contributed by atoms with Crippen molar-refractivity contribution in [2.45, 2.75) is 65.3 Å². The van der Waals surface area contributed by atoms with Crippen molar-refractivity contribution in [1.82, 2.24) is 10.2 Å². The summed E-state index contributed by atoms with van der Waals surface area (Å²) in [5.74, 6) is -0.143. The lowest BCUT2D eigenvalue weighted by Crippen LogP contribution is -2.48. The Kier molecular flexibility index (Phi) is 7.48. The average Bonchev–Trinajstić information content (AvgIpc) is 2.33. The van der Waals surface area contributed by atoms with Crippen LogP contribution in [0.25, 0.3) is 0 Å². The van der Waals surface area contributed by atoms with Crippen LogP contribution >= 0.6 is 0 Å². The number of rotatable bonds is 7. The first-order chi connectivity index (χ1) is 9.42. The van der Waals surface area contributed by atoms with Crippen molar-refractivity contribution < 1.29 is 14.3 Å². The van der Waals surface area contributed by atoms with Gasteiger partial charge in [-0.05, 0) is 27.2 Å². The molecule has 20 heavy (non-hydrogen) atoms. The summed E-state index contributed by atoms with van der Waals surface area (Å²) in [5, 5.41) is 3.29. The van der Waals surface area contributed by atoms with Crippen LogP contribution in [-0.4, -0.2) is 61.4 Å². The zero-order valence-corrected chi connectivity index (χ0v) is 13.5. The number of hydrogen-bond donors (Lipinski definition) is 1. The van der Waals surface area contributed by atoms with Gasteiger partial charge < -0.3 is 14.8 Å². The molecule has 0 radical (unpaired) electrons. The standard InChI is InChI=1S/C15H30N2O3/c1-6-19-15(18)14(16-11(2)3)7-8-17-9-12(4)20-13(5)10-17/h11-14,16H,6-10H2,1-5H3. The Morgan fingerprint density at radius 2 is 1.95 bits per heavy atom. The first-order valence-electron chi connectivity index (χ1n) is 7.72. The van der Waals surface area contributed by atoms with Gasteiger partial charge in [0.2, 0.25) is 0 Å². The van der Waals surface area contributed by atoms with Gasteiger partial charge in [0.25, 0.3) is 0 Å². The van der Waals surface area contributed by atoms with Crippen molar-refractivity contribution in [2.24, 2.45) is 0 Å². The predicted octanol–water partition coefficient (Wildman–Crippen LogP) is 1.42. The number of nitrogens with one attached hydrogen (secondary N) is 1. The third-order valence-electron chi connectivity index (χ3n) is 3.33. The highest BCUT2D eigenvalue weighted by Crippen LogP contribution is 2.12. The molecule has 0 aromatic carbocycles. The first kappa shape index (κ1) is 17.4. The maximum absolute atomic E-state index is 12.0. The second kappa shape index (κ2) is 8.60. The summed E-state index contributed by atoms with van der Waals surface area (Å²) in [6.07, 6.45) is 1.30. The second-order valence-corrected chi connectivity index (χ2v) is 5.93. The lowest BCUT2D eigenvalue weighted by Gasteiger charge is -2.36. The number of esters is 1. The zero-order valence-electron chi connectivity index (χ0n) is 13.5. The van der Waals surface area contributed by atoms with Crippen LogP contribution in [0.1, 0.15) is 41.0 Å². The van der Waals surface area contributed by atoms with Crippen molar-refractivity contribution in [1.29, 1.82) is 0 Å². The number of ether oxygens (including phenoxy) is 2. The summed E-state index contributed by atoms with van der Waals surface area (Å²) in [6, 6.07) is 0.0512. The van der Waals surface area contributed by atoms with Crippen LogP contribution < -0.4 is 5.32 Å². The van der Waals surface area contributed by atoms with Gasteiger partial charge in [-0.2, -0.15) is 0 Å². The molecule has 3 atom stereocenters. The normalized spacial score (nSPS) is 25.7. The molecule has 118 valence electrons. The molecular formula is C15H30N2O3. The van der Waals surface area contributed by atoms with Gasteiger partial charge >= 0.3 is 5.97 Å². The molecule has 5 heteroatoms. The summed E-state index contributed by atoms with van der Waals surface area (Å²) in [4.78, 5) is 14.3. The van der Waals surface area contributed by atoms with Gasteiger partial charge in [-0.1, -0.05) is 13.8 Å². The lowest BCUT2D eigenvalue weighted by atomic mass is 10.1. The first-order valence-corrected chi connectivity index (χ1v) is 7.72. The Hall–Kier alpha value is -0.650. The lowest BCUT2D eigenvalue weighted by molar-refractivity contribution is -0.146. The third-order valence-corrected chi connectivity index (χ3v) is 3.33. The second-order valence-electron chi connectivity index (χ2n) is 5.93. The number of carbonyl (C=O) groups is 1. The topological polar surface area (TPSA) is 50.8 Å². The van der Waals surface area contributed by atoms with E-state index in [1.807, 2.05) is 20.8 Å². The molecule has 1 heterocycles. The Morgan fingerprint density at radius 1 is 1.35 bits per heavy atom. The van der Waals surface area contributed by atoms with Crippen molar-refractivity contribution in [3.05, 3.63) is 0 Å². The zero-order chi connectivity index (χ0) is 15.1. The van der Waals surface area contributed by atoms with Gasteiger partial charge in [-0.25, -0.2) is 0 Å². The van der Waals surface area contributed by atoms with E-state index in [1.54, 1.807) is 0 Å². The smallest absolute Gasteiger partial charge is 0.323 e. The molecule has 0 aromatic rings. The maximum Gasteiger partial charge on any atom is 0.323 e. The van der Waals surface area contributed by atoms with Gasteiger partial charge in [-0.15, -0.1) is 0 Å². The van der Waals surface area contributed by atoms with Crippen LogP contribution in [0.3, 0.4) is 0 Å². The van der Waals surface area contributed by atoms with E-state index in [9.17, 15) is 4.79 Å². The molecule has 0 aliphatic carbocycles. The highest BCUT2D eigenvalue weighted by atomic mass is 16.5. The van der Waals surface area contributed by atoms with E-state index in [0.717, 1.165) is 26.1 Å². The molecule has 1 aliphatic rings. The molecule has 0 spiro atoms. The summed E-state index contributed by atoms with van der Waals surface area (Å²) in [7, 11) is 0. The number of morpholine rings is 1. The number of nitrogens with zero attached hydrogens (tertiary/aromatic N) is 1. The van der Waals surface area contributed by atoms with E-state index in [0.29, 0.717) is 6.61 Å². The predicted molar refractivity (Wildman–Crippen MR) is 79.8 cm³/mol. The van der Waals surface area contributed by atoms with E-state index in [2.05, 4.69) is 24.1 Å². The SMILES string of the molecule is CCOC(=O)C(CCN1CC(C)OC(C)C1)NC(C)C. The minimum Gasteiger partial charge on any atom is -0.465 e. The molecule has 5 nitrogen and oxygen atoms in total. The van der Waals surface area contributed by atoms with E-state index in [-0.39, 0.29) is 30.3 Å². The Morgan fingerprint density at radius 3 is 2.45 bits per heavy atom. The molecule has 1 N–H and O–H groups in total. The van der Waals surface area contributed by atoms with Crippen LogP contribution in [0.5, 0.6) is 0 Å². The largest absolute Gasteiger partial charge is 0.465 e. The van der Waals surface area contributed by atoms with Crippen molar-refractivity contribution in [3.63, 3.8) is 0 Å². The van der Waals surface area contributed by atoms with Gasteiger partial charge in [0.05, 0.1) is 18.8 Å². The van der Waals surface area contributed by atoms with Crippen LogP contribution in [0, 0.1) is 0 Å². The third kappa shape index (κ3) is 6.20. The molecule has 1 aliphatic heterocycles. The highest BCUT2D eigenvalue weighted by Gasteiger charge is 2.25. The van der Waals surface area contributed by atoms with Gasteiger partial charge in [-0.3, -0.25) is 9.69 Å². The quantitative estimate of drug-likeness (QED) is 0.717. The molecule has 3 unspecified atom stereocenters. The van der Waals surface area contributed by atoms with Crippen molar-refractivity contribution in [3.8, 4) is 0 Å². The summed E-state index contributed by atoms with van der Waals surface area (Å²) >= 11 is 0. The van der Waals surface area contributed by atoms with Gasteiger partial charge in [0.1, 0.15) is 6.04 Å². The maximum atomic E-state index is 12.0. The van der Waals surface area contributed by atoms with Gasteiger partial charge in [0.15, 0.2) is 0 Å². The van der Waals surface area contributed by atoms with Crippen molar-refractivity contribution >= 4 is 5.97 Å². The molecule has 0 aromatic heterocycles. The Labute approximate surface area is 123 Å². The van der Waals surface area contributed by atoms with E-state index in [1.165, 1.54) is 0 Å². The monoisotopic (exact) mass is 286 g/mol. The fourth-order valence-electron chi connectivity index (χ4n) is 2.69. The number of hydrogen-bond acceptors (Lipinski definition) is 5. The molecule has 1 rings (SSSR count). The molecule has 0 saturated carbocycles. The van der Waals surface area contributed by atoms with E-state index < -0.39 is 0 Å². The summed E-state index contributed by atoms with van der Waals surface area (Å²) in [6.45, 7) is 13.3. The molecule has 1 fully saturated rings. The van der Waals surface area contributed by atoms with E-state index in [4.69, 9.17) is 9.47 Å².